The Hall–Kier alpha value is -4.33. The van der Waals surface area contributed by atoms with Gasteiger partial charge in [-0.3, -0.25) is 9.59 Å². The third-order valence-corrected chi connectivity index (χ3v) is 4.36. The lowest BCUT2D eigenvalue weighted by atomic mass is 10.1. The second-order valence-electron chi connectivity index (χ2n) is 6.50. The smallest absolute Gasteiger partial charge is 0.303 e. The van der Waals surface area contributed by atoms with Gasteiger partial charge in [-0.05, 0) is 42.0 Å². The van der Waals surface area contributed by atoms with E-state index in [1.165, 1.54) is 5.01 Å². The van der Waals surface area contributed by atoms with Crippen LogP contribution in [-0.2, 0) is 4.79 Å². The number of aliphatic carboxylic acids is 1. The molecule has 0 heterocycles. The van der Waals surface area contributed by atoms with Crippen LogP contribution in [0.25, 0.3) is 0 Å². The fourth-order valence-corrected chi connectivity index (χ4v) is 2.78. The van der Waals surface area contributed by atoms with Gasteiger partial charge in [-0.2, -0.15) is 5.01 Å². The standard InChI is InChI=1S/C23H20N4O4/c28-22(29)16-15-21(25-31)17-11-13-20(14-12-17)27(23(30)18-7-3-1-4-8-18)26-24-19-9-5-2-6-10-19/h1-14,31H,15-16H2,(H,28,29)/b25-21-,26-24+. The topological polar surface area (TPSA) is 115 Å². The van der Waals surface area contributed by atoms with Crippen LogP contribution in [0.1, 0.15) is 28.8 Å². The molecule has 8 nitrogen and oxygen atoms in total. The van der Waals surface area contributed by atoms with Gasteiger partial charge < -0.3 is 10.3 Å². The maximum absolute atomic E-state index is 13.1. The van der Waals surface area contributed by atoms with E-state index in [9.17, 15) is 14.8 Å². The molecule has 0 fully saturated rings. The fraction of sp³-hybridized carbons (Fsp3) is 0.0870. The molecular weight excluding hydrogens is 396 g/mol. The summed E-state index contributed by atoms with van der Waals surface area (Å²) in [5.41, 5.74) is 2.26. The molecule has 156 valence electrons. The van der Waals surface area contributed by atoms with E-state index in [-0.39, 0.29) is 24.5 Å². The molecule has 8 heteroatoms. The predicted molar refractivity (Wildman–Crippen MR) is 116 cm³/mol. The number of anilines is 1. The van der Waals surface area contributed by atoms with E-state index >= 15 is 0 Å². The maximum Gasteiger partial charge on any atom is 0.303 e. The molecule has 3 rings (SSSR count). The van der Waals surface area contributed by atoms with Gasteiger partial charge >= 0.3 is 5.97 Å². The molecule has 0 aliphatic heterocycles. The largest absolute Gasteiger partial charge is 0.481 e. The highest BCUT2D eigenvalue weighted by Crippen LogP contribution is 2.22. The van der Waals surface area contributed by atoms with Gasteiger partial charge in [0.15, 0.2) is 0 Å². The van der Waals surface area contributed by atoms with Crippen LogP contribution in [0.15, 0.2) is 100 Å². The Balaban J connectivity index is 1.90. The first-order chi connectivity index (χ1) is 15.1. The number of nitrogens with zero attached hydrogens (tertiary/aromatic N) is 4. The molecule has 3 aromatic rings. The van der Waals surface area contributed by atoms with Crippen molar-refractivity contribution in [2.75, 3.05) is 5.01 Å². The van der Waals surface area contributed by atoms with Gasteiger partial charge in [0.25, 0.3) is 5.91 Å². The first-order valence-corrected chi connectivity index (χ1v) is 9.48. The summed E-state index contributed by atoms with van der Waals surface area (Å²) >= 11 is 0. The van der Waals surface area contributed by atoms with E-state index in [1.54, 1.807) is 60.7 Å². The normalized spacial score (nSPS) is 11.4. The molecule has 0 atom stereocenters. The van der Waals surface area contributed by atoms with Crippen molar-refractivity contribution in [1.29, 1.82) is 0 Å². The average molecular weight is 416 g/mol. The molecular formula is C23H20N4O4. The van der Waals surface area contributed by atoms with E-state index in [0.29, 0.717) is 22.5 Å². The highest BCUT2D eigenvalue weighted by molar-refractivity contribution is 6.06. The van der Waals surface area contributed by atoms with Gasteiger partial charge in [0.05, 0.1) is 23.5 Å². The van der Waals surface area contributed by atoms with E-state index in [4.69, 9.17) is 5.11 Å². The van der Waals surface area contributed by atoms with Crippen LogP contribution in [0.4, 0.5) is 11.4 Å². The number of carboxylic acid groups (broad SMARTS) is 1. The van der Waals surface area contributed by atoms with Crippen LogP contribution in [0.5, 0.6) is 0 Å². The lowest BCUT2D eigenvalue weighted by Crippen LogP contribution is -2.25. The van der Waals surface area contributed by atoms with E-state index in [2.05, 4.69) is 15.5 Å². The Morgan fingerprint density at radius 3 is 1.97 bits per heavy atom. The van der Waals surface area contributed by atoms with Gasteiger partial charge in [0.2, 0.25) is 0 Å². The summed E-state index contributed by atoms with van der Waals surface area (Å²) in [6.45, 7) is 0. The summed E-state index contributed by atoms with van der Waals surface area (Å²) in [6.07, 6.45) is -0.0867. The number of hydrogen-bond donors (Lipinski definition) is 2. The molecule has 0 spiro atoms. The number of carbonyl (C=O) groups is 2. The van der Waals surface area contributed by atoms with Gasteiger partial charge in [0, 0.05) is 12.0 Å². The molecule has 0 radical (unpaired) electrons. The molecule has 0 bridgehead atoms. The van der Waals surface area contributed by atoms with Crippen molar-refractivity contribution in [2.45, 2.75) is 12.8 Å². The summed E-state index contributed by atoms with van der Waals surface area (Å²) in [4.78, 5) is 23.9. The number of benzene rings is 3. The molecule has 0 saturated heterocycles. The molecule has 0 unspecified atom stereocenters. The van der Waals surface area contributed by atoms with Crippen molar-refractivity contribution in [3.8, 4) is 0 Å². The zero-order valence-electron chi connectivity index (χ0n) is 16.5. The molecule has 2 N–H and O–H groups in total. The van der Waals surface area contributed by atoms with Crippen molar-refractivity contribution in [3.05, 3.63) is 96.1 Å². The summed E-state index contributed by atoms with van der Waals surface area (Å²) in [6, 6.07) is 24.3. The molecule has 0 aromatic heterocycles. The van der Waals surface area contributed by atoms with Gasteiger partial charge in [-0.25, -0.2) is 0 Å². The van der Waals surface area contributed by atoms with Crippen molar-refractivity contribution in [1.82, 2.24) is 0 Å². The molecule has 0 aliphatic carbocycles. The van der Waals surface area contributed by atoms with Crippen LogP contribution in [0.3, 0.4) is 0 Å². The van der Waals surface area contributed by atoms with E-state index < -0.39 is 5.97 Å². The molecule has 0 aliphatic rings. The van der Waals surface area contributed by atoms with Gasteiger partial charge in [-0.15, -0.1) is 5.11 Å². The Morgan fingerprint density at radius 1 is 0.774 bits per heavy atom. The zero-order valence-corrected chi connectivity index (χ0v) is 16.5. The Bertz CT molecular complexity index is 1080. The summed E-state index contributed by atoms with van der Waals surface area (Å²) < 4.78 is 0. The van der Waals surface area contributed by atoms with Crippen LogP contribution in [-0.4, -0.2) is 27.9 Å². The van der Waals surface area contributed by atoms with Crippen LogP contribution < -0.4 is 5.01 Å². The molecule has 3 aromatic carbocycles. The highest BCUT2D eigenvalue weighted by atomic mass is 16.4. The highest BCUT2D eigenvalue weighted by Gasteiger charge is 2.18. The van der Waals surface area contributed by atoms with Gasteiger partial charge in [-0.1, -0.05) is 58.9 Å². The SMILES string of the molecule is O=C(O)CC/C(=N/O)c1ccc(N(/N=N/c2ccccc2)C(=O)c2ccccc2)cc1. The fourth-order valence-electron chi connectivity index (χ4n) is 2.78. The first kappa shape index (κ1) is 21.4. The minimum Gasteiger partial charge on any atom is -0.481 e. The third-order valence-electron chi connectivity index (χ3n) is 4.36. The summed E-state index contributed by atoms with van der Waals surface area (Å²) in [5, 5.41) is 30.7. The molecule has 1 amide bonds. The van der Waals surface area contributed by atoms with E-state index in [1.807, 2.05) is 24.3 Å². The second-order valence-corrected chi connectivity index (χ2v) is 6.50. The Morgan fingerprint density at radius 2 is 1.39 bits per heavy atom. The predicted octanol–water partition coefficient (Wildman–Crippen LogP) is 5.08. The number of carbonyl (C=O) groups excluding carboxylic acids is 1. The van der Waals surface area contributed by atoms with Crippen molar-refractivity contribution < 1.29 is 19.9 Å². The summed E-state index contributed by atoms with van der Waals surface area (Å²) in [5.74, 6) is -1.35. The minimum atomic E-state index is -0.987. The number of oxime groups is 1. The van der Waals surface area contributed by atoms with Crippen molar-refractivity contribution in [2.24, 2.45) is 15.5 Å². The van der Waals surface area contributed by atoms with Gasteiger partial charge in [0.1, 0.15) is 0 Å². The van der Waals surface area contributed by atoms with Crippen molar-refractivity contribution in [3.63, 3.8) is 0 Å². The Kier molecular flexibility index (Phi) is 7.21. The Labute approximate surface area is 178 Å². The van der Waals surface area contributed by atoms with Crippen LogP contribution in [0, 0.1) is 0 Å². The molecule has 31 heavy (non-hydrogen) atoms. The minimum absolute atomic E-state index is 0.0750. The average Bonchev–Trinajstić information content (AvgIpc) is 2.81. The first-order valence-electron chi connectivity index (χ1n) is 9.48. The monoisotopic (exact) mass is 416 g/mol. The number of carboxylic acids is 1. The number of amides is 1. The van der Waals surface area contributed by atoms with Crippen LogP contribution >= 0.6 is 0 Å². The van der Waals surface area contributed by atoms with E-state index in [0.717, 1.165) is 0 Å². The second kappa shape index (κ2) is 10.4. The molecule has 0 saturated carbocycles. The summed E-state index contributed by atoms with van der Waals surface area (Å²) in [7, 11) is 0. The number of hydrogen-bond acceptors (Lipinski definition) is 6. The maximum atomic E-state index is 13.1. The lowest BCUT2D eigenvalue weighted by molar-refractivity contribution is -0.136. The third kappa shape index (κ3) is 5.83. The van der Waals surface area contributed by atoms with Crippen molar-refractivity contribution >= 4 is 29.0 Å². The quantitative estimate of drug-likeness (QED) is 0.231. The zero-order chi connectivity index (χ0) is 22.1. The lowest BCUT2D eigenvalue weighted by Gasteiger charge is -2.16. The van der Waals surface area contributed by atoms with Crippen LogP contribution in [0.2, 0.25) is 0 Å². The number of rotatable bonds is 8.